The summed E-state index contributed by atoms with van der Waals surface area (Å²) in [6, 6.07) is 9.67. The number of anilines is 1. The van der Waals surface area contributed by atoms with Crippen LogP contribution in [0.2, 0.25) is 5.02 Å². The van der Waals surface area contributed by atoms with E-state index in [-0.39, 0.29) is 22.1 Å². The number of carboxylic acid groups (broad SMARTS) is 1. The van der Waals surface area contributed by atoms with E-state index in [0.29, 0.717) is 11.3 Å². The Balaban J connectivity index is 2.28. The van der Waals surface area contributed by atoms with Crippen LogP contribution in [0.5, 0.6) is 11.5 Å². The number of amides is 1. The summed E-state index contributed by atoms with van der Waals surface area (Å²) in [4.78, 5) is 22.9. The first kappa shape index (κ1) is 20.7. The van der Waals surface area contributed by atoms with Gasteiger partial charge in [-0.2, -0.15) is 5.26 Å². The predicted octanol–water partition coefficient (Wildman–Crippen LogP) is 3.50. The maximum absolute atomic E-state index is 12.9. The summed E-state index contributed by atoms with van der Waals surface area (Å²) in [7, 11) is 1.33. The molecule has 0 radical (unpaired) electrons. The van der Waals surface area contributed by atoms with Gasteiger partial charge >= 0.3 is 5.97 Å². The maximum Gasteiger partial charge on any atom is 0.341 e. The Bertz CT molecular complexity index is 968. The number of hydrogen-bond donors (Lipinski definition) is 2. The molecule has 0 heterocycles. The van der Waals surface area contributed by atoms with Crippen LogP contribution in [0.15, 0.2) is 42.0 Å². The quantitative estimate of drug-likeness (QED) is 0.540. The molecule has 0 aliphatic rings. The Morgan fingerprint density at radius 2 is 2.00 bits per heavy atom. The van der Waals surface area contributed by atoms with Gasteiger partial charge in [-0.3, -0.25) is 4.79 Å². The number of aliphatic carboxylic acids is 1. The summed E-state index contributed by atoms with van der Waals surface area (Å²) in [6.45, 7) is -0.616. The zero-order valence-corrected chi connectivity index (χ0v) is 15.3. The van der Waals surface area contributed by atoms with Gasteiger partial charge in [-0.25, -0.2) is 9.18 Å². The highest BCUT2D eigenvalue weighted by Gasteiger charge is 2.15. The lowest BCUT2D eigenvalue weighted by molar-refractivity contribution is -0.139. The van der Waals surface area contributed by atoms with Crippen molar-refractivity contribution in [2.45, 2.75) is 0 Å². The van der Waals surface area contributed by atoms with Gasteiger partial charge in [0.25, 0.3) is 5.91 Å². The van der Waals surface area contributed by atoms with Crippen LogP contribution in [-0.4, -0.2) is 30.7 Å². The van der Waals surface area contributed by atoms with Crippen molar-refractivity contribution in [1.82, 2.24) is 0 Å². The average molecular weight is 405 g/mol. The topological polar surface area (TPSA) is 109 Å². The lowest BCUT2D eigenvalue weighted by atomic mass is 10.1. The van der Waals surface area contributed by atoms with E-state index in [1.165, 1.54) is 49.6 Å². The fourth-order valence-electron chi connectivity index (χ4n) is 2.14. The molecule has 0 spiro atoms. The first-order valence-corrected chi connectivity index (χ1v) is 8.12. The number of ether oxygens (including phenoxy) is 2. The maximum atomic E-state index is 12.9. The summed E-state index contributed by atoms with van der Waals surface area (Å²) in [6.07, 6.45) is 1.27. The molecule has 1 amide bonds. The molecule has 0 aliphatic heterocycles. The Labute approximate surface area is 164 Å². The molecule has 0 atom stereocenters. The summed E-state index contributed by atoms with van der Waals surface area (Å²) < 4.78 is 23.2. The first-order valence-electron chi connectivity index (χ1n) is 7.75. The number of rotatable bonds is 7. The molecule has 0 aliphatic carbocycles. The fourth-order valence-corrected chi connectivity index (χ4v) is 2.42. The van der Waals surface area contributed by atoms with Crippen molar-refractivity contribution >= 4 is 35.2 Å². The smallest absolute Gasteiger partial charge is 0.341 e. The van der Waals surface area contributed by atoms with Crippen LogP contribution in [0, 0.1) is 17.1 Å². The van der Waals surface area contributed by atoms with Crippen LogP contribution in [0.25, 0.3) is 6.08 Å². The number of benzene rings is 2. The molecule has 2 aromatic rings. The molecule has 0 saturated carbocycles. The van der Waals surface area contributed by atoms with Gasteiger partial charge in [0.15, 0.2) is 18.1 Å². The fraction of sp³-hybridized carbons (Fsp3) is 0.105. The summed E-state index contributed by atoms with van der Waals surface area (Å²) in [5.74, 6) is -2.18. The number of nitriles is 1. The molecule has 144 valence electrons. The minimum Gasteiger partial charge on any atom is -0.493 e. The van der Waals surface area contributed by atoms with E-state index in [9.17, 15) is 19.2 Å². The number of methoxy groups -OCH3 is 1. The van der Waals surface area contributed by atoms with E-state index in [0.717, 1.165) is 0 Å². The number of carboxylic acids is 1. The SMILES string of the molecule is COc1cc(/C=C(\C#N)C(=O)Nc2ccc(F)cc2)cc(Cl)c1OCC(=O)O. The van der Waals surface area contributed by atoms with Gasteiger partial charge in [0.05, 0.1) is 12.1 Å². The molecule has 9 heteroatoms. The third-order valence-corrected chi connectivity index (χ3v) is 3.65. The van der Waals surface area contributed by atoms with Crippen molar-refractivity contribution in [3.63, 3.8) is 0 Å². The number of hydrogen-bond acceptors (Lipinski definition) is 5. The Hall–Kier alpha value is -3.57. The zero-order valence-electron chi connectivity index (χ0n) is 14.5. The standard InChI is InChI=1S/C19H14ClFN2O5/c1-27-16-8-11(7-15(20)18(16)28-10-17(24)25)6-12(9-22)19(26)23-14-4-2-13(21)3-5-14/h2-8H,10H2,1H3,(H,23,26)(H,24,25)/b12-6+. The molecule has 28 heavy (non-hydrogen) atoms. The van der Waals surface area contributed by atoms with E-state index in [1.54, 1.807) is 6.07 Å². The lowest BCUT2D eigenvalue weighted by Crippen LogP contribution is -2.13. The van der Waals surface area contributed by atoms with Crippen molar-refractivity contribution in [3.8, 4) is 17.6 Å². The van der Waals surface area contributed by atoms with Gasteiger partial charge in [0.2, 0.25) is 0 Å². The van der Waals surface area contributed by atoms with Crippen LogP contribution in [-0.2, 0) is 9.59 Å². The molecule has 7 nitrogen and oxygen atoms in total. The van der Waals surface area contributed by atoms with Crippen LogP contribution in [0.3, 0.4) is 0 Å². The van der Waals surface area contributed by atoms with Gasteiger partial charge in [-0.1, -0.05) is 11.6 Å². The molecule has 0 saturated heterocycles. The minimum atomic E-state index is -1.19. The highest BCUT2D eigenvalue weighted by Crippen LogP contribution is 2.37. The van der Waals surface area contributed by atoms with Gasteiger partial charge < -0.3 is 19.9 Å². The minimum absolute atomic E-state index is 0.0259. The Morgan fingerprint density at radius 1 is 1.32 bits per heavy atom. The normalized spacial score (nSPS) is 10.7. The van der Waals surface area contributed by atoms with Crippen molar-refractivity contribution in [1.29, 1.82) is 5.26 Å². The molecule has 0 unspecified atom stereocenters. The van der Waals surface area contributed by atoms with Crippen molar-refractivity contribution < 1.29 is 28.6 Å². The van der Waals surface area contributed by atoms with Crippen molar-refractivity contribution in [2.75, 3.05) is 19.0 Å². The third-order valence-electron chi connectivity index (χ3n) is 3.37. The van der Waals surface area contributed by atoms with Crippen LogP contribution >= 0.6 is 11.6 Å². The largest absolute Gasteiger partial charge is 0.493 e. The number of carbonyl (C=O) groups excluding carboxylic acids is 1. The number of carbonyl (C=O) groups is 2. The van der Waals surface area contributed by atoms with Crippen LogP contribution in [0.4, 0.5) is 10.1 Å². The van der Waals surface area contributed by atoms with E-state index in [2.05, 4.69) is 5.32 Å². The summed E-state index contributed by atoms with van der Waals surface area (Å²) >= 11 is 6.10. The second-order valence-corrected chi connectivity index (χ2v) is 5.75. The number of nitrogens with zero attached hydrogens (tertiary/aromatic N) is 1. The third kappa shape index (κ3) is 5.46. The van der Waals surface area contributed by atoms with Crippen molar-refractivity contribution in [3.05, 3.63) is 58.4 Å². The van der Waals surface area contributed by atoms with Gasteiger partial charge in [-0.05, 0) is 48.0 Å². The molecule has 0 bridgehead atoms. The van der Waals surface area contributed by atoms with Crippen LogP contribution in [0.1, 0.15) is 5.56 Å². The summed E-state index contributed by atoms with van der Waals surface area (Å²) in [5, 5.41) is 20.5. The number of nitrogens with one attached hydrogen (secondary N) is 1. The second kappa shape index (κ2) is 9.39. The molecular weight excluding hydrogens is 391 g/mol. The highest BCUT2D eigenvalue weighted by atomic mass is 35.5. The highest BCUT2D eigenvalue weighted by molar-refractivity contribution is 6.32. The van der Waals surface area contributed by atoms with E-state index < -0.39 is 24.3 Å². The molecule has 0 fully saturated rings. The molecule has 2 N–H and O–H groups in total. The van der Waals surface area contributed by atoms with Crippen molar-refractivity contribution in [2.24, 2.45) is 0 Å². The Kier molecular flexibility index (Phi) is 6.96. The van der Waals surface area contributed by atoms with Gasteiger partial charge in [0.1, 0.15) is 17.5 Å². The zero-order chi connectivity index (χ0) is 20.7. The van der Waals surface area contributed by atoms with E-state index in [1.807, 2.05) is 0 Å². The average Bonchev–Trinajstić information content (AvgIpc) is 2.66. The predicted molar refractivity (Wildman–Crippen MR) is 99.8 cm³/mol. The number of halogens is 2. The molecule has 2 rings (SSSR count). The summed E-state index contributed by atoms with van der Waals surface area (Å²) in [5.41, 5.74) is 0.442. The van der Waals surface area contributed by atoms with E-state index in [4.69, 9.17) is 26.2 Å². The van der Waals surface area contributed by atoms with E-state index >= 15 is 0 Å². The van der Waals surface area contributed by atoms with Gasteiger partial charge in [-0.15, -0.1) is 0 Å². The monoisotopic (exact) mass is 404 g/mol. The lowest BCUT2D eigenvalue weighted by Gasteiger charge is -2.12. The second-order valence-electron chi connectivity index (χ2n) is 5.35. The molecule has 0 aromatic heterocycles. The Morgan fingerprint density at radius 3 is 2.57 bits per heavy atom. The first-order chi connectivity index (χ1) is 13.3. The molecular formula is C19H14ClFN2O5. The van der Waals surface area contributed by atoms with Gasteiger partial charge in [0, 0.05) is 5.69 Å². The molecule has 2 aromatic carbocycles. The van der Waals surface area contributed by atoms with Crippen LogP contribution < -0.4 is 14.8 Å².